The van der Waals surface area contributed by atoms with Crippen LogP contribution in [0.2, 0.25) is 0 Å². The summed E-state index contributed by atoms with van der Waals surface area (Å²) in [5, 5.41) is 18.2. The van der Waals surface area contributed by atoms with Crippen LogP contribution in [0.5, 0.6) is 5.75 Å². The number of carboxylic acids is 1. The van der Waals surface area contributed by atoms with E-state index in [1.165, 1.54) is 0 Å². The molecule has 1 rings (SSSR count). The fourth-order valence-corrected chi connectivity index (χ4v) is 1.77. The van der Waals surface area contributed by atoms with Crippen molar-refractivity contribution in [3.05, 3.63) is 29.3 Å². The van der Waals surface area contributed by atoms with Crippen LogP contribution in [0.15, 0.2) is 18.2 Å². The number of carboxylic acid groups (broad SMARTS) is 1. The van der Waals surface area contributed by atoms with E-state index in [-0.39, 0.29) is 12.2 Å². The van der Waals surface area contributed by atoms with Crippen molar-refractivity contribution in [2.75, 3.05) is 0 Å². The molecular formula is C13H19NO3. The van der Waals surface area contributed by atoms with Gasteiger partial charge in [0.15, 0.2) is 0 Å². The van der Waals surface area contributed by atoms with E-state index in [0.717, 1.165) is 17.5 Å². The van der Waals surface area contributed by atoms with Gasteiger partial charge in [-0.05, 0) is 42.0 Å². The zero-order valence-electron chi connectivity index (χ0n) is 10.2. The summed E-state index contributed by atoms with van der Waals surface area (Å²) < 4.78 is 0. The minimum absolute atomic E-state index is 0.202. The summed E-state index contributed by atoms with van der Waals surface area (Å²) in [5.74, 6) is -0.363. The van der Waals surface area contributed by atoms with Crippen molar-refractivity contribution < 1.29 is 15.0 Å². The van der Waals surface area contributed by atoms with Gasteiger partial charge in [0.05, 0.1) is 0 Å². The van der Waals surface area contributed by atoms with Crippen LogP contribution in [0.1, 0.15) is 25.0 Å². The predicted molar refractivity (Wildman–Crippen MR) is 66.0 cm³/mol. The second-order valence-electron chi connectivity index (χ2n) is 4.70. The second-order valence-corrected chi connectivity index (χ2v) is 4.70. The van der Waals surface area contributed by atoms with Gasteiger partial charge in [-0.1, -0.05) is 19.9 Å². The average Bonchev–Trinajstić information content (AvgIpc) is 2.20. The Morgan fingerprint density at radius 2 is 1.94 bits per heavy atom. The van der Waals surface area contributed by atoms with Gasteiger partial charge in [-0.2, -0.15) is 0 Å². The largest absolute Gasteiger partial charge is 0.508 e. The van der Waals surface area contributed by atoms with Crippen molar-refractivity contribution in [1.82, 2.24) is 0 Å². The number of carbonyl (C=O) groups is 1. The molecule has 0 amide bonds. The molecule has 0 aliphatic rings. The molecule has 0 fully saturated rings. The summed E-state index contributed by atoms with van der Waals surface area (Å²) in [5.41, 5.74) is 7.39. The summed E-state index contributed by atoms with van der Waals surface area (Å²) in [6, 6.07) is 4.10. The number of hydrogen-bond acceptors (Lipinski definition) is 3. The Kier molecular flexibility index (Phi) is 4.52. The maximum atomic E-state index is 10.7. The Labute approximate surface area is 101 Å². The van der Waals surface area contributed by atoms with Crippen molar-refractivity contribution in [2.24, 2.45) is 11.7 Å². The van der Waals surface area contributed by atoms with Gasteiger partial charge in [0.2, 0.25) is 0 Å². The maximum absolute atomic E-state index is 10.7. The first-order valence-corrected chi connectivity index (χ1v) is 5.69. The highest BCUT2D eigenvalue weighted by Crippen LogP contribution is 2.21. The standard InChI is InChI=1S/C13H19NO3/c1-8(2)5-10-6-11(15)4-3-9(10)7-12(14)13(16)17/h3-4,6,8,12,15H,5,7,14H2,1-2H3,(H,16,17)/t12-/m0/s1. The molecule has 0 aliphatic carbocycles. The predicted octanol–water partition coefficient (Wildman–Crippen LogP) is 1.55. The Morgan fingerprint density at radius 1 is 1.29 bits per heavy atom. The number of hydrogen-bond donors (Lipinski definition) is 3. The van der Waals surface area contributed by atoms with Crippen molar-refractivity contribution in [1.29, 1.82) is 0 Å². The molecule has 0 spiro atoms. The smallest absolute Gasteiger partial charge is 0.320 e. The lowest BCUT2D eigenvalue weighted by atomic mass is 9.94. The van der Waals surface area contributed by atoms with Crippen LogP contribution < -0.4 is 5.73 Å². The first kappa shape index (κ1) is 13.5. The van der Waals surface area contributed by atoms with E-state index in [4.69, 9.17) is 10.8 Å². The van der Waals surface area contributed by atoms with E-state index >= 15 is 0 Å². The lowest BCUT2D eigenvalue weighted by molar-refractivity contribution is -0.138. The molecule has 0 saturated heterocycles. The number of rotatable bonds is 5. The summed E-state index contributed by atoms with van der Waals surface area (Å²) in [6.45, 7) is 4.15. The topological polar surface area (TPSA) is 83.5 Å². The van der Waals surface area contributed by atoms with Crippen LogP contribution in [-0.2, 0) is 17.6 Å². The molecule has 1 aromatic rings. The first-order chi connectivity index (χ1) is 7.90. The number of nitrogens with two attached hydrogens (primary N) is 1. The molecule has 0 radical (unpaired) electrons. The highest BCUT2D eigenvalue weighted by molar-refractivity contribution is 5.73. The van der Waals surface area contributed by atoms with Crippen LogP contribution in [0.25, 0.3) is 0 Å². The highest BCUT2D eigenvalue weighted by Gasteiger charge is 2.15. The quantitative estimate of drug-likeness (QED) is 0.725. The van der Waals surface area contributed by atoms with Crippen molar-refractivity contribution in [3.63, 3.8) is 0 Å². The molecule has 4 N–H and O–H groups in total. The van der Waals surface area contributed by atoms with Crippen LogP contribution in [-0.4, -0.2) is 22.2 Å². The van der Waals surface area contributed by atoms with Gasteiger partial charge >= 0.3 is 5.97 Å². The molecule has 0 aromatic heterocycles. The van der Waals surface area contributed by atoms with E-state index in [1.807, 2.05) is 0 Å². The van der Waals surface area contributed by atoms with Gasteiger partial charge in [-0.15, -0.1) is 0 Å². The molecule has 0 saturated carbocycles. The number of benzene rings is 1. The summed E-state index contributed by atoms with van der Waals surface area (Å²) in [4.78, 5) is 10.7. The molecule has 17 heavy (non-hydrogen) atoms. The van der Waals surface area contributed by atoms with Gasteiger partial charge in [-0.25, -0.2) is 0 Å². The van der Waals surface area contributed by atoms with Crippen molar-refractivity contribution in [3.8, 4) is 5.75 Å². The van der Waals surface area contributed by atoms with Crippen LogP contribution in [0, 0.1) is 5.92 Å². The Bertz CT molecular complexity index is 402. The molecule has 0 aliphatic heterocycles. The minimum atomic E-state index is -1.01. The third-order valence-corrected chi connectivity index (χ3v) is 2.58. The Morgan fingerprint density at radius 3 is 2.47 bits per heavy atom. The van der Waals surface area contributed by atoms with Crippen LogP contribution >= 0.6 is 0 Å². The van der Waals surface area contributed by atoms with Gasteiger partial charge in [0.1, 0.15) is 11.8 Å². The van der Waals surface area contributed by atoms with Gasteiger partial charge in [0.25, 0.3) is 0 Å². The van der Waals surface area contributed by atoms with E-state index in [1.54, 1.807) is 18.2 Å². The average molecular weight is 237 g/mol. The van der Waals surface area contributed by atoms with Crippen LogP contribution in [0.4, 0.5) is 0 Å². The number of phenols is 1. The van der Waals surface area contributed by atoms with Gasteiger partial charge < -0.3 is 15.9 Å². The first-order valence-electron chi connectivity index (χ1n) is 5.69. The molecule has 1 aromatic carbocycles. The summed E-state index contributed by atoms with van der Waals surface area (Å²) in [6.07, 6.45) is 1.09. The van der Waals surface area contributed by atoms with Gasteiger partial charge in [0, 0.05) is 0 Å². The lowest BCUT2D eigenvalue weighted by Crippen LogP contribution is -2.32. The molecule has 0 bridgehead atoms. The molecular weight excluding hydrogens is 218 g/mol. The van der Waals surface area contributed by atoms with E-state index < -0.39 is 12.0 Å². The van der Waals surface area contributed by atoms with E-state index in [9.17, 15) is 9.90 Å². The zero-order valence-corrected chi connectivity index (χ0v) is 10.2. The molecule has 94 valence electrons. The van der Waals surface area contributed by atoms with Crippen molar-refractivity contribution >= 4 is 5.97 Å². The summed E-state index contributed by atoms with van der Waals surface area (Å²) in [7, 11) is 0. The van der Waals surface area contributed by atoms with Crippen LogP contribution in [0.3, 0.4) is 0 Å². The molecule has 1 atom stereocenters. The molecule has 4 nitrogen and oxygen atoms in total. The summed E-state index contributed by atoms with van der Waals surface area (Å²) >= 11 is 0. The molecule has 0 unspecified atom stereocenters. The number of aliphatic carboxylic acids is 1. The molecule has 0 heterocycles. The maximum Gasteiger partial charge on any atom is 0.320 e. The SMILES string of the molecule is CC(C)Cc1cc(O)ccc1C[C@H](N)C(=O)O. The number of aromatic hydroxyl groups is 1. The third kappa shape index (κ3) is 4.07. The van der Waals surface area contributed by atoms with E-state index in [0.29, 0.717) is 5.92 Å². The minimum Gasteiger partial charge on any atom is -0.508 e. The number of phenolic OH excluding ortho intramolecular Hbond substituents is 1. The highest BCUT2D eigenvalue weighted by atomic mass is 16.4. The third-order valence-electron chi connectivity index (χ3n) is 2.58. The molecule has 4 heteroatoms. The second kappa shape index (κ2) is 5.68. The monoisotopic (exact) mass is 237 g/mol. The lowest BCUT2D eigenvalue weighted by Gasteiger charge is -2.14. The Hall–Kier alpha value is -1.55. The fraction of sp³-hybridized carbons (Fsp3) is 0.462. The zero-order chi connectivity index (χ0) is 13.0. The Balaban J connectivity index is 2.93. The van der Waals surface area contributed by atoms with Gasteiger partial charge in [-0.3, -0.25) is 4.79 Å². The van der Waals surface area contributed by atoms with Crippen molar-refractivity contribution in [2.45, 2.75) is 32.7 Å². The normalized spacial score (nSPS) is 12.7. The van der Waals surface area contributed by atoms with E-state index in [2.05, 4.69) is 13.8 Å². The fourth-order valence-electron chi connectivity index (χ4n) is 1.77.